The van der Waals surface area contributed by atoms with E-state index in [1.54, 1.807) is 104 Å². The maximum Gasteiger partial charge on any atom is 0.280 e. The molecule has 644 valence electrons. The lowest BCUT2D eigenvalue weighted by molar-refractivity contribution is 0.363. The van der Waals surface area contributed by atoms with Crippen LogP contribution >= 0.6 is 0 Å². The fraction of sp³-hybridized carbons (Fsp3) is 0.293. The lowest BCUT2D eigenvalue weighted by Crippen LogP contribution is -2.22. The highest BCUT2D eigenvalue weighted by atomic mass is 19.1. The highest BCUT2D eigenvalue weighted by Gasteiger charge is 2.59. The zero-order valence-electron chi connectivity index (χ0n) is 69.9. The largest absolute Gasteiger partial charge is 0.444 e. The summed E-state index contributed by atoms with van der Waals surface area (Å²) in [5, 5.41) is 16.7. The molecule has 37 heteroatoms. The molecule has 13 aromatic heterocycles. The molecule has 4 aromatic carbocycles. The molecule has 4 fully saturated rings. The predicted molar refractivity (Wildman–Crippen MR) is 457 cm³/mol. The number of aromatic nitrogens is 25. The number of terminal acetylenes is 1. The van der Waals surface area contributed by atoms with Gasteiger partial charge < -0.3 is 40.8 Å². The van der Waals surface area contributed by atoms with E-state index in [-0.39, 0.29) is 89.3 Å². The third-order valence-electron chi connectivity index (χ3n) is 26.2. The van der Waals surface area contributed by atoms with Gasteiger partial charge in [-0.2, -0.15) is 19.9 Å². The van der Waals surface area contributed by atoms with Gasteiger partial charge in [-0.1, -0.05) is 118 Å². The van der Waals surface area contributed by atoms with Crippen LogP contribution in [-0.4, -0.2) is 122 Å². The molecule has 13 heterocycles. The van der Waals surface area contributed by atoms with E-state index in [1.807, 2.05) is 54.6 Å². The van der Waals surface area contributed by atoms with Crippen molar-refractivity contribution in [3.8, 4) is 23.7 Å². The molecule has 129 heavy (non-hydrogen) atoms. The van der Waals surface area contributed by atoms with Gasteiger partial charge in [0.2, 0.25) is 23.6 Å². The van der Waals surface area contributed by atoms with Crippen molar-refractivity contribution < 1.29 is 35.7 Å². The lowest BCUT2D eigenvalue weighted by Gasteiger charge is -2.08. The van der Waals surface area contributed by atoms with Gasteiger partial charge in [0.05, 0.1) is 37.1 Å². The van der Waals surface area contributed by atoms with E-state index in [1.165, 1.54) is 72.7 Å². The minimum absolute atomic E-state index is 0.141. The molecule has 4 saturated carbocycles. The van der Waals surface area contributed by atoms with Crippen LogP contribution in [0.4, 0.5) is 13.2 Å². The van der Waals surface area contributed by atoms with Gasteiger partial charge in [-0.25, -0.2) is 58.0 Å². The second kappa shape index (κ2) is 31.2. The topological polar surface area (TPSA) is 393 Å². The molecule has 0 N–H and O–H groups in total. The SMILES string of the molecule is C#Cc1ccc(C2=C[C@H]3[C@@H](C2)[C@@H]3c2noc(Cn3cnc4ncn(C)c4c3=O)n2)cc1F.CC(F)c1ccc(C2=C[C@H]3[C@@H](C2)[C@@H]3c2noc(Cn3cnc4ncn(C)c4c3=O)n2)cc1.Cc1cccc(C2=C[C@H]3[C@@H](C2)[C@@H]3c2noc(Cn3cnc4ncn(C)c4c3=O)n2)c1F.Cn1cnc2ncn(Cc3nc([C@@H]4[C@H]5C=C(c6cccc(-c7cnco7)c6)C[C@H]54)no3)c(=O)c21. The quantitative estimate of drug-likeness (QED) is 0.0720. The molecule has 0 bridgehead atoms. The fourth-order valence-corrected chi connectivity index (χ4v) is 19.2. The third-order valence-corrected chi connectivity index (χ3v) is 26.2. The van der Waals surface area contributed by atoms with Crippen LogP contribution in [0.15, 0.2) is 214 Å². The zero-order chi connectivity index (χ0) is 88.1. The summed E-state index contributed by atoms with van der Waals surface area (Å²) in [6.07, 6.45) is 32.1. The van der Waals surface area contributed by atoms with Crippen molar-refractivity contribution in [2.24, 2.45) is 75.5 Å². The van der Waals surface area contributed by atoms with Crippen molar-refractivity contribution in [3.05, 3.63) is 311 Å². The van der Waals surface area contributed by atoms with E-state index in [0.29, 0.717) is 156 Å². The highest BCUT2D eigenvalue weighted by molar-refractivity contribution is 5.77. The number of benzene rings is 4. The van der Waals surface area contributed by atoms with Gasteiger partial charge in [-0.15, -0.1) is 6.42 Å². The van der Waals surface area contributed by atoms with Gasteiger partial charge in [0.25, 0.3) is 22.2 Å². The molecule has 0 saturated heterocycles. The number of alkyl halides is 1. The Labute approximate surface area is 727 Å². The monoisotopic (exact) mass is 1730 g/mol. The normalized spacial score (nSPS) is 21.8. The van der Waals surface area contributed by atoms with Crippen LogP contribution in [0.2, 0.25) is 0 Å². The van der Waals surface area contributed by atoms with E-state index in [9.17, 15) is 32.3 Å². The lowest BCUT2D eigenvalue weighted by atomic mass is 9.98. The first kappa shape index (κ1) is 79.3. The van der Waals surface area contributed by atoms with Gasteiger partial charge in [0.1, 0.15) is 69.3 Å². The first-order valence-electron chi connectivity index (χ1n) is 42.0. The molecule has 0 radical (unpaired) electrons. The van der Waals surface area contributed by atoms with Crippen LogP contribution in [-0.2, 0) is 54.4 Å². The average Bonchev–Trinajstić information content (AvgIpc) is 1.68. The van der Waals surface area contributed by atoms with Crippen molar-refractivity contribution in [2.45, 2.75) is 95.6 Å². The Morgan fingerprint density at radius 1 is 0.442 bits per heavy atom. The Hall–Kier alpha value is -15.6. The van der Waals surface area contributed by atoms with Crippen molar-refractivity contribution in [1.82, 2.24) is 122 Å². The standard InChI is InChI=1S/C24H19N7O3.C23H21FN6O2.C23H17FN6O2.C22H19FN6O2/c1-30-10-26-23-21(30)24(32)31(11-27-23)9-19-28-22(29-34-19)20-16-6-15(7-17(16)20)13-3-2-4-14(5-13)18-8-25-12-33-18;1-12(24)13-3-5-14(6-4-13)15-7-16-17(8-15)19(16)21-27-18(32-28-21)9-30-11-26-22-20(23(30)31)29(2)10-25-22;1-3-12-4-5-13(8-17(12)24)14-6-15-16(7-14)19(15)21-27-18(32-28-21)9-30-11-26-22-20(23(30)31)29(2)10-25-22;1-11-4-3-5-13(18(11)23)12-6-14-15(7-12)17(14)20-26-16(31-27-20)8-29-10-25-21-19(22(29)30)28(2)9-24-21/h2-6,8,10-12,16-17,20H,7,9H2,1H3;3-7,10-12,16-17,19H,8-9H2,1-2H3;1,4-6,8,10-11,15-16,19H,7,9H2,2H3;3-6,9-10,14-15,17H,7-8H2,1-2H3/t16-,17+,20+;12?,16-,17+,19+;15-,16+,19+;14-,15+,17+/m0000/s1. The molecule has 1 unspecified atom stereocenters. The second-order valence-corrected chi connectivity index (χ2v) is 34.1. The van der Waals surface area contributed by atoms with E-state index in [0.717, 1.165) is 59.3 Å². The molecular weight excluding hydrogens is 1660 g/mol. The van der Waals surface area contributed by atoms with Crippen LogP contribution in [0, 0.1) is 78.2 Å². The Bertz CT molecular complexity index is 7810. The van der Waals surface area contributed by atoms with Crippen molar-refractivity contribution in [3.63, 3.8) is 0 Å². The predicted octanol–water partition coefficient (Wildman–Crippen LogP) is 11.8. The number of rotatable bonds is 18. The molecule has 8 aliphatic rings. The van der Waals surface area contributed by atoms with Crippen molar-refractivity contribution >= 4 is 66.9 Å². The fourth-order valence-electron chi connectivity index (χ4n) is 19.2. The van der Waals surface area contributed by atoms with Crippen LogP contribution in [0.5, 0.6) is 0 Å². The van der Waals surface area contributed by atoms with Crippen molar-refractivity contribution in [1.29, 1.82) is 0 Å². The van der Waals surface area contributed by atoms with E-state index >= 15 is 0 Å². The van der Waals surface area contributed by atoms with Crippen LogP contribution in [0.25, 0.3) is 78.3 Å². The molecule has 0 spiro atoms. The Morgan fingerprint density at radius 2 is 0.798 bits per heavy atom. The third kappa shape index (κ3) is 14.4. The van der Waals surface area contributed by atoms with Gasteiger partial charge >= 0.3 is 0 Å². The molecule has 0 amide bonds. The van der Waals surface area contributed by atoms with Crippen LogP contribution < -0.4 is 22.2 Å². The summed E-state index contributed by atoms with van der Waals surface area (Å²) in [7, 11) is 7.03. The first-order valence-corrected chi connectivity index (χ1v) is 42.0. The van der Waals surface area contributed by atoms with Crippen LogP contribution in [0.3, 0.4) is 0 Å². The number of nitrogens with zero attached hydrogens (tertiary/aromatic N) is 25. The number of oxazole rings is 1. The van der Waals surface area contributed by atoms with E-state index in [4.69, 9.17) is 28.9 Å². The summed E-state index contributed by atoms with van der Waals surface area (Å²) >= 11 is 0. The number of halogens is 3. The van der Waals surface area contributed by atoms with Gasteiger partial charge in [-0.05, 0) is 155 Å². The maximum atomic E-state index is 14.4. The number of hydrogen-bond acceptors (Lipinski definition) is 26. The summed E-state index contributed by atoms with van der Waals surface area (Å²) in [5.74, 6) is 10.7. The molecule has 17 aromatic rings. The summed E-state index contributed by atoms with van der Waals surface area (Å²) < 4.78 is 81.4. The first-order chi connectivity index (χ1) is 62.7. The summed E-state index contributed by atoms with van der Waals surface area (Å²) in [5.41, 5.74) is 13.9. The molecule has 34 nitrogen and oxygen atoms in total. The molecule has 25 rings (SSSR count). The number of aryl methyl sites for hydroxylation is 5. The Morgan fingerprint density at radius 3 is 1.16 bits per heavy atom. The van der Waals surface area contributed by atoms with Gasteiger partial charge in [0.15, 0.2) is 80.1 Å². The van der Waals surface area contributed by atoms with E-state index in [2.05, 4.69) is 128 Å². The van der Waals surface area contributed by atoms with Gasteiger partial charge in [-0.3, -0.25) is 37.4 Å². The highest BCUT2D eigenvalue weighted by Crippen LogP contribution is 2.66. The number of imidazole rings is 4. The molecule has 8 aliphatic carbocycles. The van der Waals surface area contributed by atoms with Gasteiger partial charge in [0, 0.05) is 63.0 Å². The molecular formula is C92H76F3N25O9. The Balaban J connectivity index is 0.000000101. The van der Waals surface area contributed by atoms with E-state index < -0.39 is 6.17 Å². The van der Waals surface area contributed by atoms with Crippen LogP contribution in [0.1, 0.15) is 148 Å². The molecule has 13 atom stereocenters. The summed E-state index contributed by atoms with van der Waals surface area (Å²) in [6, 6.07) is 26.5. The second-order valence-electron chi connectivity index (χ2n) is 34.1. The minimum atomic E-state index is -0.954. The minimum Gasteiger partial charge on any atom is -0.444 e. The maximum absolute atomic E-state index is 14.4. The summed E-state index contributed by atoms with van der Waals surface area (Å²) in [6.45, 7) is 3.97. The molecule has 0 aliphatic heterocycles. The smallest absolute Gasteiger partial charge is 0.280 e. The zero-order valence-corrected chi connectivity index (χ0v) is 69.9. The number of hydrogen-bond donors (Lipinski definition) is 0. The van der Waals surface area contributed by atoms with Crippen molar-refractivity contribution in [2.75, 3.05) is 0 Å². The number of allylic oxidation sites excluding steroid dienone is 8. The Kier molecular flexibility index (Phi) is 19.2. The number of fused-ring (bicyclic) bond motifs is 8. The average molecular weight is 1730 g/mol. The summed E-state index contributed by atoms with van der Waals surface area (Å²) in [4.78, 5) is 106.